The number of amides is 2. The summed E-state index contributed by atoms with van der Waals surface area (Å²) in [6.45, 7) is 7.62. The predicted octanol–water partition coefficient (Wildman–Crippen LogP) is 3.89. The molecule has 0 fully saturated rings. The second kappa shape index (κ2) is 11.5. The van der Waals surface area contributed by atoms with Gasteiger partial charge in [-0.25, -0.2) is 0 Å². The van der Waals surface area contributed by atoms with Crippen LogP contribution in [0.5, 0.6) is 5.75 Å². The number of aryl methyl sites for hydroxylation is 1. The Labute approximate surface area is 185 Å². The molecule has 2 aromatic carbocycles. The second-order valence-electron chi connectivity index (χ2n) is 8.12. The molecule has 0 saturated carbocycles. The van der Waals surface area contributed by atoms with E-state index >= 15 is 0 Å². The van der Waals surface area contributed by atoms with E-state index in [1.54, 1.807) is 0 Å². The Morgan fingerprint density at radius 2 is 1.90 bits per heavy atom. The lowest BCUT2D eigenvalue weighted by atomic mass is 10.1. The van der Waals surface area contributed by atoms with Crippen LogP contribution in [-0.2, 0) is 16.1 Å². The molecule has 6 nitrogen and oxygen atoms in total. The number of hydrogen-bond donors (Lipinski definition) is 2. The molecule has 0 radical (unpaired) electrons. The highest BCUT2D eigenvalue weighted by molar-refractivity contribution is 6.00. The van der Waals surface area contributed by atoms with E-state index in [2.05, 4.69) is 46.7 Å². The minimum Gasteiger partial charge on any atom is -0.478 e. The number of rotatable bonds is 11. The van der Waals surface area contributed by atoms with Crippen molar-refractivity contribution in [3.05, 3.63) is 59.7 Å². The van der Waals surface area contributed by atoms with Gasteiger partial charge in [0.25, 0.3) is 5.91 Å². The van der Waals surface area contributed by atoms with Gasteiger partial charge in [-0.15, -0.1) is 0 Å². The molecule has 1 aliphatic rings. The average molecular weight is 424 g/mol. The molecule has 1 heterocycles. The summed E-state index contributed by atoms with van der Waals surface area (Å²) in [5.74, 6) is 0.163. The normalized spacial score (nSPS) is 15.2. The molecule has 2 aromatic rings. The Kier molecular flexibility index (Phi) is 8.47. The molecular weight excluding hydrogens is 390 g/mol. The maximum absolute atomic E-state index is 12.3. The van der Waals surface area contributed by atoms with Crippen LogP contribution in [0.2, 0.25) is 0 Å². The molecule has 0 saturated heterocycles. The van der Waals surface area contributed by atoms with Crippen molar-refractivity contribution >= 4 is 17.5 Å². The molecule has 2 amide bonds. The van der Waals surface area contributed by atoms with Crippen molar-refractivity contribution in [3.8, 4) is 5.75 Å². The Balaban J connectivity index is 1.41. The monoisotopic (exact) mass is 423 g/mol. The summed E-state index contributed by atoms with van der Waals surface area (Å²) in [6.07, 6.45) is 2.40. The molecule has 6 heteroatoms. The maximum Gasteiger partial charge on any atom is 0.266 e. The third kappa shape index (κ3) is 7.10. The SMILES string of the molecule is CCCCN(CCCNC(=O)CC1Oc2ccc(C)cc2NC1=O)Cc1ccccc1. The minimum absolute atomic E-state index is 0.0166. The van der Waals surface area contributed by atoms with Gasteiger partial charge in [0.2, 0.25) is 5.91 Å². The summed E-state index contributed by atoms with van der Waals surface area (Å²) in [5, 5.41) is 5.76. The zero-order valence-electron chi connectivity index (χ0n) is 18.5. The summed E-state index contributed by atoms with van der Waals surface area (Å²) in [5.41, 5.74) is 3.00. The van der Waals surface area contributed by atoms with E-state index in [4.69, 9.17) is 4.74 Å². The third-order valence-electron chi connectivity index (χ3n) is 5.38. The van der Waals surface area contributed by atoms with Gasteiger partial charge < -0.3 is 15.4 Å². The van der Waals surface area contributed by atoms with Crippen LogP contribution in [0.15, 0.2) is 48.5 Å². The minimum atomic E-state index is -0.797. The van der Waals surface area contributed by atoms with Crippen molar-refractivity contribution in [2.24, 2.45) is 0 Å². The van der Waals surface area contributed by atoms with Crippen LogP contribution in [0, 0.1) is 6.92 Å². The van der Waals surface area contributed by atoms with E-state index in [0.29, 0.717) is 18.0 Å². The lowest BCUT2D eigenvalue weighted by molar-refractivity contribution is -0.130. The van der Waals surface area contributed by atoms with Gasteiger partial charge in [0.05, 0.1) is 12.1 Å². The fraction of sp³-hybridized carbons (Fsp3) is 0.440. The van der Waals surface area contributed by atoms with Gasteiger partial charge in [0.1, 0.15) is 5.75 Å². The largest absolute Gasteiger partial charge is 0.478 e. The maximum atomic E-state index is 12.3. The number of anilines is 1. The number of fused-ring (bicyclic) bond motifs is 1. The summed E-state index contributed by atoms with van der Waals surface area (Å²) in [7, 11) is 0. The number of hydrogen-bond acceptors (Lipinski definition) is 4. The van der Waals surface area contributed by atoms with Gasteiger partial charge >= 0.3 is 0 Å². The van der Waals surface area contributed by atoms with Crippen LogP contribution in [-0.4, -0.2) is 42.5 Å². The Morgan fingerprint density at radius 3 is 2.68 bits per heavy atom. The zero-order valence-corrected chi connectivity index (χ0v) is 18.5. The van der Waals surface area contributed by atoms with Gasteiger partial charge in [-0.2, -0.15) is 0 Å². The fourth-order valence-electron chi connectivity index (χ4n) is 3.66. The number of carbonyl (C=O) groups is 2. The van der Waals surface area contributed by atoms with Gasteiger partial charge in [-0.05, 0) is 49.6 Å². The van der Waals surface area contributed by atoms with Crippen LogP contribution in [0.4, 0.5) is 5.69 Å². The van der Waals surface area contributed by atoms with E-state index < -0.39 is 6.10 Å². The molecule has 31 heavy (non-hydrogen) atoms. The molecule has 0 spiro atoms. The molecular formula is C25H33N3O3. The fourth-order valence-corrected chi connectivity index (χ4v) is 3.66. The number of carbonyl (C=O) groups excluding carboxylic acids is 2. The number of nitrogens with zero attached hydrogens (tertiary/aromatic N) is 1. The topological polar surface area (TPSA) is 70.7 Å². The molecule has 2 N–H and O–H groups in total. The van der Waals surface area contributed by atoms with Gasteiger partial charge in [0.15, 0.2) is 6.10 Å². The van der Waals surface area contributed by atoms with Crippen molar-refractivity contribution < 1.29 is 14.3 Å². The smallest absolute Gasteiger partial charge is 0.266 e. The summed E-state index contributed by atoms with van der Waals surface area (Å²) < 4.78 is 5.74. The Hall–Kier alpha value is -2.86. The Bertz CT molecular complexity index is 870. The van der Waals surface area contributed by atoms with Crippen molar-refractivity contribution in [1.29, 1.82) is 0 Å². The van der Waals surface area contributed by atoms with E-state index in [9.17, 15) is 9.59 Å². The van der Waals surface area contributed by atoms with Crippen molar-refractivity contribution in [2.75, 3.05) is 25.0 Å². The molecule has 0 aliphatic carbocycles. The van der Waals surface area contributed by atoms with Gasteiger partial charge in [0, 0.05) is 19.6 Å². The molecule has 0 bridgehead atoms. The molecule has 166 valence electrons. The highest BCUT2D eigenvalue weighted by Crippen LogP contribution is 2.30. The third-order valence-corrected chi connectivity index (χ3v) is 5.38. The summed E-state index contributed by atoms with van der Waals surface area (Å²) in [4.78, 5) is 27.1. The molecule has 0 aromatic heterocycles. The average Bonchev–Trinajstić information content (AvgIpc) is 2.76. The first-order valence-corrected chi connectivity index (χ1v) is 11.2. The lowest BCUT2D eigenvalue weighted by Crippen LogP contribution is -2.41. The standard InChI is InChI=1S/C25H33N3O3/c1-3-4-14-28(18-20-9-6-5-7-10-20)15-8-13-26-24(29)17-23-25(30)27-21-16-19(2)11-12-22(21)31-23/h5-7,9-12,16,23H,3-4,8,13-15,17-18H2,1-2H3,(H,26,29)(H,27,30). The van der Waals surface area contributed by atoms with Crippen molar-refractivity contribution in [1.82, 2.24) is 10.2 Å². The first-order chi connectivity index (χ1) is 15.0. The van der Waals surface area contributed by atoms with Gasteiger partial charge in [-0.1, -0.05) is 49.7 Å². The van der Waals surface area contributed by atoms with Crippen LogP contribution in [0.3, 0.4) is 0 Å². The molecule has 3 rings (SSSR count). The van der Waals surface area contributed by atoms with Crippen molar-refractivity contribution in [3.63, 3.8) is 0 Å². The van der Waals surface area contributed by atoms with Crippen LogP contribution in [0.25, 0.3) is 0 Å². The van der Waals surface area contributed by atoms with Crippen molar-refractivity contribution in [2.45, 2.75) is 52.2 Å². The first kappa shape index (κ1) is 22.8. The lowest BCUT2D eigenvalue weighted by Gasteiger charge is -2.26. The summed E-state index contributed by atoms with van der Waals surface area (Å²) >= 11 is 0. The number of ether oxygens (including phenoxy) is 1. The highest BCUT2D eigenvalue weighted by atomic mass is 16.5. The molecule has 1 atom stereocenters. The van der Waals surface area contributed by atoms with E-state index in [1.807, 2.05) is 31.2 Å². The first-order valence-electron chi connectivity index (χ1n) is 11.2. The van der Waals surface area contributed by atoms with Gasteiger partial charge in [-0.3, -0.25) is 14.5 Å². The van der Waals surface area contributed by atoms with E-state index in [-0.39, 0.29) is 18.2 Å². The predicted molar refractivity (Wildman–Crippen MR) is 123 cm³/mol. The van der Waals surface area contributed by atoms with Crippen LogP contribution in [0.1, 0.15) is 43.7 Å². The summed E-state index contributed by atoms with van der Waals surface area (Å²) in [6, 6.07) is 16.1. The Morgan fingerprint density at radius 1 is 1.13 bits per heavy atom. The van der Waals surface area contributed by atoms with E-state index in [0.717, 1.165) is 44.5 Å². The molecule has 1 unspecified atom stereocenters. The second-order valence-corrected chi connectivity index (χ2v) is 8.12. The zero-order chi connectivity index (χ0) is 22.1. The number of unbranched alkanes of at least 4 members (excludes halogenated alkanes) is 1. The van der Waals surface area contributed by atoms with Crippen LogP contribution >= 0.6 is 0 Å². The van der Waals surface area contributed by atoms with E-state index in [1.165, 1.54) is 5.56 Å². The quantitative estimate of drug-likeness (QED) is 0.538. The van der Waals surface area contributed by atoms with Crippen LogP contribution < -0.4 is 15.4 Å². The molecule has 1 aliphatic heterocycles. The number of benzene rings is 2. The highest BCUT2D eigenvalue weighted by Gasteiger charge is 2.29. The number of nitrogens with one attached hydrogen (secondary N) is 2.